The molecule has 0 aliphatic rings. The molecule has 0 aromatic heterocycles. The molecule has 0 radical (unpaired) electrons. The lowest BCUT2D eigenvalue weighted by Crippen LogP contribution is -2.32. The molecule has 7 heteroatoms. The second-order valence-electron chi connectivity index (χ2n) is 3.63. The number of ketones is 1. The smallest absolute Gasteiger partial charge is 0.302 e. The molecule has 0 amide bonds. The van der Waals surface area contributed by atoms with E-state index >= 15 is 0 Å². The lowest BCUT2D eigenvalue weighted by molar-refractivity contribution is -0.163. The number of carbonyl (C=O) groups excluding carboxylic acids is 1. The zero-order valence-corrected chi connectivity index (χ0v) is 11.2. The third kappa shape index (κ3) is 3.83. The minimum Gasteiger partial charge on any atom is -0.302 e. The number of carbonyl (C=O) groups is 1. The molecule has 3 nitrogen and oxygen atoms in total. The Hall–Kier alpha value is -1.37. The van der Waals surface area contributed by atoms with Crippen LogP contribution in [0.2, 0.25) is 0 Å². The third-order valence-corrected chi connectivity index (χ3v) is 2.42. The normalized spacial score (nSPS) is 12.4. The van der Waals surface area contributed by atoms with E-state index in [0.29, 0.717) is 4.47 Å². The van der Waals surface area contributed by atoms with Gasteiger partial charge in [-0.2, -0.15) is 18.3 Å². The zero-order valence-electron chi connectivity index (χ0n) is 9.62. The molecule has 1 aromatic carbocycles. The quantitative estimate of drug-likeness (QED) is 0.633. The molecule has 0 saturated heterocycles. The van der Waals surface area contributed by atoms with Gasteiger partial charge in [0.2, 0.25) is 0 Å². The number of nitrogens with zero attached hydrogens (tertiary/aromatic N) is 2. The Kier molecular flexibility index (Phi) is 4.50. The van der Waals surface area contributed by atoms with Crippen LogP contribution in [0.5, 0.6) is 0 Å². The number of Topliss-reactive ketones (excluding diaryl/α,β-unsaturated/α-hetero) is 1. The molecule has 1 aromatic rings. The Morgan fingerprint density at radius 3 is 2.11 bits per heavy atom. The summed E-state index contributed by atoms with van der Waals surface area (Å²) in [6.07, 6.45) is -4.94. The summed E-state index contributed by atoms with van der Waals surface area (Å²) in [5.74, 6) is -1.96. The minimum atomic E-state index is -4.94. The number of alkyl halides is 3. The van der Waals surface area contributed by atoms with Crippen molar-refractivity contribution in [1.29, 1.82) is 0 Å². The number of hydrogen-bond donors (Lipinski definition) is 0. The summed E-state index contributed by atoms with van der Waals surface area (Å²) >= 11 is 3.16. The van der Waals surface area contributed by atoms with Gasteiger partial charge >= 0.3 is 6.18 Å². The Morgan fingerprint density at radius 2 is 1.72 bits per heavy atom. The fraction of sp³-hybridized carbons (Fsp3) is 0.273. The van der Waals surface area contributed by atoms with Gasteiger partial charge in [0.1, 0.15) is 5.71 Å². The summed E-state index contributed by atoms with van der Waals surface area (Å²) in [5, 5.41) is 4.76. The summed E-state index contributed by atoms with van der Waals surface area (Å²) < 4.78 is 38.1. The number of rotatable bonds is 3. The van der Waals surface area contributed by atoms with Gasteiger partial charge in [0, 0.05) is 24.1 Å². The van der Waals surface area contributed by atoms with Crippen molar-refractivity contribution in [2.75, 3.05) is 14.1 Å². The van der Waals surface area contributed by atoms with Gasteiger partial charge in [0.25, 0.3) is 5.78 Å². The monoisotopic (exact) mass is 322 g/mol. The Bertz CT molecular complexity index is 466. The van der Waals surface area contributed by atoms with Gasteiger partial charge in [-0.3, -0.25) is 4.79 Å². The molecule has 1 rings (SSSR count). The average Bonchev–Trinajstić information content (AvgIpc) is 2.25. The van der Waals surface area contributed by atoms with Crippen LogP contribution in [-0.4, -0.2) is 36.8 Å². The molecule has 0 aliphatic heterocycles. The van der Waals surface area contributed by atoms with Crippen LogP contribution in [0.15, 0.2) is 33.8 Å². The van der Waals surface area contributed by atoms with Crippen LogP contribution in [0.25, 0.3) is 0 Å². The number of hydrogen-bond acceptors (Lipinski definition) is 3. The molecular formula is C11H10BrF3N2O. The van der Waals surface area contributed by atoms with Gasteiger partial charge in [-0.1, -0.05) is 28.1 Å². The first-order valence-corrected chi connectivity index (χ1v) is 5.64. The fourth-order valence-electron chi connectivity index (χ4n) is 1.18. The predicted octanol–water partition coefficient (Wildman–Crippen LogP) is 2.85. The number of hydrazone groups is 1. The second-order valence-corrected chi connectivity index (χ2v) is 4.55. The highest BCUT2D eigenvalue weighted by molar-refractivity contribution is 9.10. The van der Waals surface area contributed by atoms with E-state index in [4.69, 9.17) is 0 Å². The first-order chi connectivity index (χ1) is 8.21. The van der Waals surface area contributed by atoms with Gasteiger partial charge in [-0.05, 0) is 12.1 Å². The molecular weight excluding hydrogens is 313 g/mol. The van der Waals surface area contributed by atoms with Gasteiger partial charge < -0.3 is 5.01 Å². The maximum absolute atomic E-state index is 12.5. The molecule has 98 valence electrons. The SMILES string of the molecule is CN(C)/N=C(/C(=O)C(F)(F)F)c1ccc(Br)cc1. The number of halogens is 4. The van der Waals surface area contributed by atoms with E-state index in [1.165, 1.54) is 26.2 Å². The van der Waals surface area contributed by atoms with Crippen molar-refractivity contribution in [2.24, 2.45) is 5.10 Å². The zero-order chi connectivity index (χ0) is 13.9. The van der Waals surface area contributed by atoms with Crippen molar-refractivity contribution in [2.45, 2.75) is 6.18 Å². The van der Waals surface area contributed by atoms with Crippen LogP contribution < -0.4 is 0 Å². The predicted molar refractivity (Wildman–Crippen MR) is 65.4 cm³/mol. The van der Waals surface area contributed by atoms with Gasteiger partial charge in [-0.25, -0.2) is 0 Å². The van der Waals surface area contributed by atoms with Crippen molar-refractivity contribution < 1.29 is 18.0 Å². The van der Waals surface area contributed by atoms with E-state index in [9.17, 15) is 18.0 Å². The van der Waals surface area contributed by atoms with Crippen LogP contribution in [0.4, 0.5) is 13.2 Å². The van der Waals surface area contributed by atoms with E-state index in [0.717, 1.165) is 5.01 Å². The maximum Gasteiger partial charge on any atom is 0.456 e. The Balaban J connectivity index is 3.23. The molecule has 18 heavy (non-hydrogen) atoms. The van der Waals surface area contributed by atoms with Gasteiger partial charge in [0.15, 0.2) is 0 Å². The lowest BCUT2D eigenvalue weighted by atomic mass is 10.1. The van der Waals surface area contributed by atoms with Crippen LogP contribution in [0.3, 0.4) is 0 Å². The van der Waals surface area contributed by atoms with Crippen LogP contribution in [-0.2, 0) is 4.79 Å². The summed E-state index contributed by atoms with van der Waals surface area (Å²) in [4.78, 5) is 11.3. The van der Waals surface area contributed by atoms with E-state index in [2.05, 4.69) is 21.0 Å². The number of benzene rings is 1. The summed E-state index contributed by atoms with van der Waals surface area (Å²) in [6, 6.07) is 5.89. The summed E-state index contributed by atoms with van der Waals surface area (Å²) in [7, 11) is 2.89. The lowest BCUT2D eigenvalue weighted by Gasteiger charge is -2.12. The van der Waals surface area contributed by atoms with Crippen molar-refractivity contribution >= 4 is 27.4 Å². The summed E-state index contributed by atoms with van der Waals surface area (Å²) in [5.41, 5.74) is -0.505. The molecule has 0 spiro atoms. The molecule has 0 aliphatic carbocycles. The van der Waals surface area contributed by atoms with Gasteiger partial charge in [-0.15, -0.1) is 0 Å². The van der Waals surface area contributed by atoms with Crippen LogP contribution >= 0.6 is 15.9 Å². The molecule has 0 N–H and O–H groups in total. The van der Waals surface area contributed by atoms with E-state index < -0.39 is 17.7 Å². The minimum absolute atomic E-state index is 0.120. The highest BCUT2D eigenvalue weighted by Gasteiger charge is 2.42. The molecule has 0 saturated carbocycles. The Labute approximate surface area is 110 Å². The van der Waals surface area contributed by atoms with Crippen molar-refractivity contribution in [3.8, 4) is 0 Å². The van der Waals surface area contributed by atoms with Crippen molar-refractivity contribution in [3.05, 3.63) is 34.3 Å². The molecule has 0 atom stereocenters. The second kappa shape index (κ2) is 5.51. The average molecular weight is 323 g/mol. The molecule has 0 fully saturated rings. The Morgan fingerprint density at radius 1 is 1.22 bits per heavy atom. The third-order valence-electron chi connectivity index (χ3n) is 1.89. The van der Waals surface area contributed by atoms with E-state index in [1.807, 2.05) is 0 Å². The van der Waals surface area contributed by atoms with E-state index in [1.54, 1.807) is 12.1 Å². The molecule has 0 unspecified atom stereocenters. The standard InChI is InChI=1S/C11H10BrF3N2O/c1-17(2)16-9(10(18)11(13,14)15)7-3-5-8(12)6-4-7/h3-6H,1-2H3/b16-9+. The van der Waals surface area contributed by atoms with Crippen LogP contribution in [0, 0.1) is 0 Å². The molecule has 0 bridgehead atoms. The maximum atomic E-state index is 12.5. The first-order valence-electron chi connectivity index (χ1n) is 4.85. The highest BCUT2D eigenvalue weighted by Crippen LogP contribution is 2.20. The fourth-order valence-corrected chi connectivity index (χ4v) is 1.44. The van der Waals surface area contributed by atoms with Crippen molar-refractivity contribution in [3.63, 3.8) is 0 Å². The van der Waals surface area contributed by atoms with Crippen molar-refractivity contribution in [1.82, 2.24) is 5.01 Å². The van der Waals surface area contributed by atoms with Crippen LogP contribution in [0.1, 0.15) is 5.56 Å². The summed E-state index contributed by atoms with van der Waals surface area (Å²) in [6.45, 7) is 0. The topological polar surface area (TPSA) is 32.7 Å². The van der Waals surface area contributed by atoms with E-state index in [-0.39, 0.29) is 5.56 Å². The largest absolute Gasteiger partial charge is 0.456 e. The first kappa shape index (κ1) is 14.7. The van der Waals surface area contributed by atoms with Gasteiger partial charge in [0.05, 0.1) is 0 Å². The molecule has 0 heterocycles. The highest BCUT2D eigenvalue weighted by atomic mass is 79.9.